The van der Waals surface area contributed by atoms with Crippen LogP contribution in [-0.2, 0) is 0 Å². The molecule has 0 spiro atoms. The van der Waals surface area contributed by atoms with E-state index in [1.807, 2.05) is 0 Å². The summed E-state index contributed by atoms with van der Waals surface area (Å²) in [5, 5.41) is 10.7. The van der Waals surface area contributed by atoms with Crippen LogP contribution in [0.1, 0.15) is 48.9 Å². The minimum Gasteiger partial charge on any atom is -0.545 e. The number of ether oxygens (including phenoxy) is 1. The van der Waals surface area contributed by atoms with Crippen molar-refractivity contribution in [2.45, 2.75) is 38.5 Å². The fourth-order valence-corrected chi connectivity index (χ4v) is 2.43. The van der Waals surface area contributed by atoms with E-state index in [0.717, 1.165) is 12.3 Å². The number of pyridine rings is 1. The number of hydrogen-bond acceptors (Lipinski definition) is 4. The van der Waals surface area contributed by atoms with Gasteiger partial charge in [-0.1, -0.05) is 32.1 Å². The van der Waals surface area contributed by atoms with Gasteiger partial charge in [-0.25, -0.2) is 0 Å². The van der Waals surface area contributed by atoms with E-state index in [4.69, 9.17) is 4.74 Å². The lowest BCUT2D eigenvalue weighted by molar-refractivity contribution is -0.255. The average molecular weight is 248 g/mol. The van der Waals surface area contributed by atoms with E-state index in [1.165, 1.54) is 50.6 Å². The first-order valence-corrected chi connectivity index (χ1v) is 6.55. The highest BCUT2D eigenvalue weighted by atomic mass is 16.5. The third kappa shape index (κ3) is 3.72. The van der Waals surface area contributed by atoms with Crippen molar-refractivity contribution in [2.24, 2.45) is 5.92 Å². The molecular formula is C14H18NO3-. The van der Waals surface area contributed by atoms with Crippen molar-refractivity contribution in [2.75, 3.05) is 6.61 Å². The Morgan fingerprint density at radius 3 is 2.83 bits per heavy atom. The Labute approximate surface area is 107 Å². The van der Waals surface area contributed by atoms with E-state index in [9.17, 15) is 9.90 Å². The van der Waals surface area contributed by atoms with Gasteiger partial charge < -0.3 is 14.6 Å². The molecule has 0 N–H and O–H groups in total. The standard InChI is InChI=1S/C14H19NO3/c16-14(17)12-8-13(10-15-9-12)18-7-6-11-4-2-1-3-5-11/h8-11H,1-7H2,(H,16,17)/p-1. The van der Waals surface area contributed by atoms with Crippen molar-refractivity contribution in [3.63, 3.8) is 0 Å². The highest BCUT2D eigenvalue weighted by Crippen LogP contribution is 2.26. The molecule has 18 heavy (non-hydrogen) atoms. The third-order valence-electron chi connectivity index (χ3n) is 3.47. The molecule has 4 heteroatoms. The van der Waals surface area contributed by atoms with Crippen LogP contribution in [-0.4, -0.2) is 17.6 Å². The summed E-state index contributed by atoms with van der Waals surface area (Å²) in [6.07, 6.45) is 10.4. The third-order valence-corrected chi connectivity index (χ3v) is 3.47. The molecule has 0 saturated heterocycles. The zero-order valence-electron chi connectivity index (χ0n) is 10.4. The summed E-state index contributed by atoms with van der Waals surface area (Å²) in [6, 6.07) is 1.46. The van der Waals surface area contributed by atoms with E-state index in [2.05, 4.69) is 4.98 Å². The van der Waals surface area contributed by atoms with Crippen LogP contribution in [0.25, 0.3) is 0 Å². The van der Waals surface area contributed by atoms with Crippen LogP contribution in [0, 0.1) is 5.92 Å². The number of carboxylic acids is 1. The predicted molar refractivity (Wildman–Crippen MR) is 65.3 cm³/mol. The average Bonchev–Trinajstić information content (AvgIpc) is 2.40. The molecule has 0 amide bonds. The summed E-state index contributed by atoms with van der Waals surface area (Å²) in [7, 11) is 0. The number of aromatic nitrogens is 1. The van der Waals surface area contributed by atoms with Crippen LogP contribution in [0.4, 0.5) is 0 Å². The number of carbonyl (C=O) groups excluding carboxylic acids is 1. The van der Waals surface area contributed by atoms with Gasteiger partial charge in [0, 0.05) is 11.8 Å². The van der Waals surface area contributed by atoms with Gasteiger partial charge in [0.2, 0.25) is 0 Å². The monoisotopic (exact) mass is 248 g/mol. The van der Waals surface area contributed by atoms with Crippen LogP contribution < -0.4 is 9.84 Å². The molecule has 1 aromatic rings. The van der Waals surface area contributed by atoms with Crippen molar-refractivity contribution in [3.8, 4) is 5.75 Å². The molecule has 0 atom stereocenters. The van der Waals surface area contributed by atoms with Gasteiger partial charge >= 0.3 is 0 Å². The Morgan fingerprint density at radius 1 is 1.33 bits per heavy atom. The van der Waals surface area contributed by atoms with Gasteiger partial charge in [-0.2, -0.15) is 0 Å². The Kier molecular flexibility index (Phi) is 4.56. The number of carbonyl (C=O) groups is 1. The summed E-state index contributed by atoms with van der Waals surface area (Å²) in [4.78, 5) is 14.5. The van der Waals surface area contributed by atoms with Crippen LogP contribution >= 0.6 is 0 Å². The predicted octanol–water partition coefficient (Wildman–Crippen LogP) is 1.79. The fourth-order valence-electron chi connectivity index (χ4n) is 2.43. The highest BCUT2D eigenvalue weighted by molar-refractivity contribution is 5.85. The maximum atomic E-state index is 10.7. The van der Waals surface area contributed by atoms with Crippen LogP contribution in [0.2, 0.25) is 0 Å². The molecule has 4 nitrogen and oxygen atoms in total. The largest absolute Gasteiger partial charge is 0.545 e. The Hall–Kier alpha value is -1.58. The SMILES string of the molecule is O=C([O-])c1cncc(OCCC2CCCCC2)c1. The topological polar surface area (TPSA) is 62.2 Å². The van der Waals surface area contributed by atoms with Gasteiger partial charge in [0.25, 0.3) is 0 Å². The number of nitrogens with zero attached hydrogens (tertiary/aromatic N) is 1. The van der Waals surface area contributed by atoms with E-state index < -0.39 is 5.97 Å². The molecule has 0 bridgehead atoms. The van der Waals surface area contributed by atoms with E-state index in [1.54, 1.807) is 0 Å². The molecule has 1 fully saturated rings. The van der Waals surface area contributed by atoms with E-state index >= 15 is 0 Å². The maximum Gasteiger partial charge on any atom is 0.138 e. The Bertz CT molecular complexity index is 400. The minimum absolute atomic E-state index is 0.0603. The summed E-state index contributed by atoms with van der Waals surface area (Å²) in [6.45, 7) is 0.628. The van der Waals surface area contributed by atoms with Crippen molar-refractivity contribution in [3.05, 3.63) is 24.0 Å². The summed E-state index contributed by atoms with van der Waals surface area (Å²) in [5.41, 5.74) is 0.0603. The quantitative estimate of drug-likeness (QED) is 0.797. The second kappa shape index (κ2) is 6.38. The van der Waals surface area contributed by atoms with E-state index in [-0.39, 0.29) is 5.56 Å². The lowest BCUT2D eigenvalue weighted by Gasteiger charge is -2.21. The van der Waals surface area contributed by atoms with Crippen LogP contribution in [0.15, 0.2) is 18.5 Å². The highest BCUT2D eigenvalue weighted by Gasteiger charge is 2.13. The van der Waals surface area contributed by atoms with Gasteiger partial charge in [0.05, 0.1) is 18.8 Å². The van der Waals surface area contributed by atoms with E-state index in [0.29, 0.717) is 12.4 Å². The summed E-state index contributed by atoms with van der Waals surface area (Å²) >= 11 is 0. The van der Waals surface area contributed by atoms with Crippen molar-refractivity contribution in [1.82, 2.24) is 4.98 Å². The van der Waals surface area contributed by atoms with Crippen LogP contribution in [0.5, 0.6) is 5.75 Å². The van der Waals surface area contributed by atoms with Crippen LogP contribution in [0.3, 0.4) is 0 Å². The molecular weight excluding hydrogens is 230 g/mol. The number of carboxylic acid groups (broad SMARTS) is 1. The first-order chi connectivity index (χ1) is 8.75. The number of hydrogen-bond donors (Lipinski definition) is 0. The minimum atomic E-state index is -1.22. The normalized spacial score (nSPS) is 16.4. The van der Waals surface area contributed by atoms with Crippen molar-refractivity contribution >= 4 is 5.97 Å². The molecule has 0 aromatic carbocycles. The maximum absolute atomic E-state index is 10.7. The van der Waals surface area contributed by atoms with Gasteiger partial charge in [0.1, 0.15) is 5.75 Å². The molecule has 98 valence electrons. The number of rotatable bonds is 5. The smallest absolute Gasteiger partial charge is 0.138 e. The second-order valence-corrected chi connectivity index (χ2v) is 4.84. The molecule has 1 aromatic heterocycles. The molecule has 2 rings (SSSR count). The van der Waals surface area contributed by atoms with Gasteiger partial charge in [-0.3, -0.25) is 4.98 Å². The number of aromatic carboxylic acids is 1. The Morgan fingerprint density at radius 2 is 2.11 bits per heavy atom. The van der Waals surface area contributed by atoms with Crippen molar-refractivity contribution < 1.29 is 14.6 Å². The molecule has 1 saturated carbocycles. The zero-order valence-corrected chi connectivity index (χ0v) is 10.4. The first-order valence-electron chi connectivity index (χ1n) is 6.55. The van der Waals surface area contributed by atoms with Crippen molar-refractivity contribution in [1.29, 1.82) is 0 Å². The lowest BCUT2D eigenvalue weighted by atomic mass is 9.87. The Balaban J connectivity index is 1.78. The van der Waals surface area contributed by atoms with Gasteiger partial charge in [0.15, 0.2) is 0 Å². The van der Waals surface area contributed by atoms with Gasteiger partial charge in [-0.15, -0.1) is 0 Å². The molecule has 1 heterocycles. The molecule has 0 aliphatic heterocycles. The fraction of sp³-hybridized carbons (Fsp3) is 0.571. The molecule has 0 unspecified atom stereocenters. The second-order valence-electron chi connectivity index (χ2n) is 4.84. The molecule has 1 aliphatic rings. The van der Waals surface area contributed by atoms with Gasteiger partial charge in [-0.05, 0) is 18.4 Å². The summed E-state index contributed by atoms with van der Waals surface area (Å²) < 4.78 is 5.55. The molecule has 1 aliphatic carbocycles. The molecule has 0 radical (unpaired) electrons. The summed E-state index contributed by atoms with van der Waals surface area (Å²) in [5.74, 6) is 0.0452. The first kappa shape index (κ1) is 12.9. The lowest BCUT2D eigenvalue weighted by Crippen LogP contribution is -2.22. The zero-order chi connectivity index (χ0) is 12.8.